The largest absolute Gasteiger partial charge is 0.307 e. The average Bonchev–Trinajstić information content (AvgIpc) is 2.13. The molecule has 1 nitrogen and oxygen atoms in total. The minimum Gasteiger partial charge on any atom is -0.307 e. The van der Waals surface area contributed by atoms with Crippen molar-refractivity contribution in [2.75, 3.05) is 0 Å². The molecule has 1 fully saturated rings. The number of hydrogen-bond donors (Lipinski definition) is 1. The Hall–Kier alpha value is -0.960. The predicted octanol–water partition coefficient (Wildman–Crippen LogP) is 3.80. The van der Waals surface area contributed by atoms with Gasteiger partial charge in [-0.15, -0.1) is 0 Å². The number of benzene rings is 1. The lowest BCUT2D eigenvalue weighted by Crippen LogP contribution is -2.38. The Kier molecular flexibility index (Phi) is 3.77. The summed E-state index contributed by atoms with van der Waals surface area (Å²) in [5, 5.41) is 3.40. The van der Waals surface area contributed by atoms with Crippen LogP contribution >= 0.6 is 0 Å². The summed E-state index contributed by atoms with van der Waals surface area (Å²) in [6.07, 6.45) is 3.82. The standard InChI is InChI=1S/C14H19F2N/c1-9(11-4-3-5-11)17-10(2)13-7-6-12(15)8-14(13)16/h6-11,17H,3-5H2,1-2H3. The number of nitrogens with one attached hydrogen (secondary N) is 1. The van der Waals surface area contributed by atoms with E-state index in [0.29, 0.717) is 17.5 Å². The summed E-state index contributed by atoms with van der Waals surface area (Å²) < 4.78 is 26.4. The molecule has 0 heterocycles. The molecule has 3 heteroatoms. The summed E-state index contributed by atoms with van der Waals surface area (Å²) in [5.41, 5.74) is 0.539. The lowest BCUT2D eigenvalue weighted by molar-refractivity contribution is 0.229. The second kappa shape index (κ2) is 5.13. The van der Waals surface area contributed by atoms with Gasteiger partial charge in [-0.3, -0.25) is 0 Å². The van der Waals surface area contributed by atoms with Gasteiger partial charge in [-0.25, -0.2) is 8.78 Å². The van der Waals surface area contributed by atoms with E-state index in [4.69, 9.17) is 0 Å². The van der Waals surface area contributed by atoms with Gasteiger partial charge in [0.05, 0.1) is 0 Å². The van der Waals surface area contributed by atoms with Crippen LogP contribution < -0.4 is 5.32 Å². The Bertz CT molecular complexity index is 388. The van der Waals surface area contributed by atoms with E-state index >= 15 is 0 Å². The Morgan fingerprint density at radius 3 is 2.47 bits per heavy atom. The molecule has 1 aliphatic carbocycles. The minimum absolute atomic E-state index is 0.0776. The summed E-state index contributed by atoms with van der Waals surface area (Å²) in [6, 6.07) is 4.09. The predicted molar refractivity (Wildman–Crippen MR) is 64.7 cm³/mol. The molecule has 1 aliphatic rings. The number of hydrogen-bond acceptors (Lipinski definition) is 1. The quantitative estimate of drug-likeness (QED) is 0.842. The fraction of sp³-hybridized carbons (Fsp3) is 0.571. The molecule has 0 aliphatic heterocycles. The van der Waals surface area contributed by atoms with Crippen molar-refractivity contribution in [1.29, 1.82) is 0 Å². The van der Waals surface area contributed by atoms with Gasteiger partial charge < -0.3 is 5.32 Å². The Morgan fingerprint density at radius 1 is 1.24 bits per heavy atom. The van der Waals surface area contributed by atoms with Gasteiger partial charge in [-0.05, 0) is 38.7 Å². The first-order valence-electron chi connectivity index (χ1n) is 6.29. The van der Waals surface area contributed by atoms with Gasteiger partial charge in [0.2, 0.25) is 0 Å². The summed E-state index contributed by atoms with van der Waals surface area (Å²) >= 11 is 0. The molecule has 1 N–H and O–H groups in total. The van der Waals surface area contributed by atoms with Crippen molar-refractivity contribution in [2.45, 2.75) is 45.2 Å². The van der Waals surface area contributed by atoms with Crippen LogP contribution in [-0.2, 0) is 0 Å². The molecular weight excluding hydrogens is 220 g/mol. The molecular formula is C14H19F2N. The molecule has 17 heavy (non-hydrogen) atoms. The molecule has 1 saturated carbocycles. The van der Waals surface area contributed by atoms with Crippen molar-refractivity contribution in [3.05, 3.63) is 35.4 Å². The van der Waals surface area contributed by atoms with E-state index in [2.05, 4.69) is 12.2 Å². The van der Waals surface area contributed by atoms with Crippen LogP contribution in [0.4, 0.5) is 8.78 Å². The molecule has 0 radical (unpaired) electrons. The van der Waals surface area contributed by atoms with Crippen molar-refractivity contribution in [2.24, 2.45) is 5.92 Å². The highest BCUT2D eigenvalue weighted by molar-refractivity contribution is 5.21. The van der Waals surface area contributed by atoms with E-state index in [0.717, 1.165) is 6.07 Å². The molecule has 2 rings (SSSR count). The average molecular weight is 239 g/mol. The summed E-state index contributed by atoms with van der Waals surface area (Å²) in [5.74, 6) is -0.280. The highest BCUT2D eigenvalue weighted by Crippen LogP contribution is 2.30. The third-order valence-electron chi connectivity index (χ3n) is 3.80. The molecule has 0 spiro atoms. The van der Waals surface area contributed by atoms with Crippen LogP contribution in [0.5, 0.6) is 0 Å². The van der Waals surface area contributed by atoms with Gasteiger partial charge in [0.1, 0.15) is 11.6 Å². The Balaban J connectivity index is 2.00. The molecule has 94 valence electrons. The maximum absolute atomic E-state index is 13.6. The summed E-state index contributed by atoms with van der Waals surface area (Å²) in [4.78, 5) is 0. The summed E-state index contributed by atoms with van der Waals surface area (Å²) in [6.45, 7) is 4.06. The second-order valence-electron chi connectivity index (χ2n) is 5.03. The van der Waals surface area contributed by atoms with Crippen LogP contribution in [0.15, 0.2) is 18.2 Å². The normalized spacial score (nSPS) is 19.8. The van der Waals surface area contributed by atoms with Crippen molar-refractivity contribution in [3.8, 4) is 0 Å². The first kappa shape index (κ1) is 12.5. The summed E-state index contributed by atoms with van der Waals surface area (Å²) in [7, 11) is 0. The fourth-order valence-corrected chi connectivity index (χ4v) is 2.41. The van der Waals surface area contributed by atoms with Crippen LogP contribution in [0.1, 0.15) is 44.7 Å². The van der Waals surface area contributed by atoms with E-state index < -0.39 is 11.6 Å². The zero-order chi connectivity index (χ0) is 12.4. The minimum atomic E-state index is -0.523. The first-order valence-corrected chi connectivity index (χ1v) is 6.29. The van der Waals surface area contributed by atoms with Gasteiger partial charge in [0, 0.05) is 23.7 Å². The smallest absolute Gasteiger partial charge is 0.130 e. The lowest BCUT2D eigenvalue weighted by atomic mass is 9.80. The van der Waals surface area contributed by atoms with E-state index in [9.17, 15) is 8.78 Å². The molecule has 0 amide bonds. The molecule has 0 saturated heterocycles. The van der Waals surface area contributed by atoms with Gasteiger partial charge in [0.15, 0.2) is 0 Å². The lowest BCUT2D eigenvalue weighted by Gasteiger charge is -2.34. The maximum Gasteiger partial charge on any atom is 0.130 e. The fourth-order valence-electron chi connectivity index (χ4n) is 2.41. The zero-order valence-electron chi connectivity index (χ0n) is 10.3. The molecule has 0 aromatic heterocycles. The van der Waals surface area contributed by atoms with Gasteiger partial charge in [-0.2, -0.15) is 0 Å². The highest BCUT2D eigenvalue weighted by atomic mass is 19.1. The second-order valence-corrected chi connectivity index (χ2v) is 5.03. The van der Waals surface area contributed by atoms with Crippen molar-refractivity contribution in [3.63, 3.8) is 0 Å². The van der Waals surface area contributed by atoms with Crippen LogP contribution in [0.3, 0.4) is 0 Å². The highest BCUT2D eigenvalue weighted by Gasteiger charge is 2.25. The van der Waals surface area contributed by atoms with E-state index in [1.807, 2.05) is 6.92 Å². The molecule has 2 atom stereocenters. The van der Waals surface area contributed by atoms with Crippen LogP contribution in [-0.4, -0.2) is 6.04 Å². The third-order valence-corrected chi connectivity index (χ3v) is 3.80. The van der Waals surface area contributed by atoms with Gasteiger partial charge in [-0.1, -0.05) is 12.5 Å². The van der Waals surface area contributed by atoms with E-state index in [1.54, 1.807) is 0 Å². The van der Waals surface area contributed by atoms with Crippen molar-refractivity contribution < 1.29 is 8.78 Å². The SMILES string of the molecule is CC(NC(C)C1CCC1)c1ccc(F)cc1F. The van der Waals surface area contributed by atoms with Crippen molar-refractivity contribution >= 4 is 0 Å². The van der Waals surface area contributed by atoms with Crippen molar-refractivity contribution in [1.82, 2.24) is 5.32 Å². The topological polar surface area (TPSA) is 12.0 Å². The number of halogens is 2. The Morgan fingerprint density at radius 2 is 1.94 bits per heavy atom. The van der Waals surface area contributed by atoms with E-state index in [-0.39, 0.29) is 6.04 Å². The van der Waals surface area contributed by atoms with Crippen LogP contribution in [0.2, 0.25) is 0 Å². The monoisotopic (exact) mass is 239 g/mol. The number of rotatable bonds is 4. The van der Waals surface area contributed by atoms with Crippen LogP contribution in [0, 0.1) is 17.6 Å². The molecule has 1 aromatic rings. The van der Waals surface area contributed by atoms with E-state index in [1.165, 1.54) is 31.4 Å². The van der Waals surface area contributed by atoms with Gasteiger partial charge in [0.25, 0.3) is 0 Å². The third kappa shape index (κ3) is 2.83. The zero-order valence-corrected chi connectivity index (χ0v) is 10.3. The van der Waals surface area contributed by atoms with Crippen LogP contribution in [0.25, 0.3) is 0 Å². The Labute approximate surface area is 101 Å². The molecule has 1 aromatic carbocycles. The first-order chi connectivity index (χ1) is 8.08. The maximum atomic E-state index is 13.6. The van der Waals surface area contributed by atoms with Gasteiger partial charge >= 0.3 is 0 Å². The molecule has 2 unspecified atom stereocenters. The molecule has 0 bridgehead atoms.